The third-order valence-electron chi connectivity index (χ3n) is 4.24. The van der Waals surface area contributed by atoms with Gasteiger partial charge in [-0.05, 0) is 44.0 Å². The van der Waals surface area contributed by atoms with Gasteiger partial charge in [0.15, 0.2) is 0 Å². The second-order valence-electron chi connectivity index (χ2n) is 6.46. The standard InChI is InChI=1S/C19H26N4O3S2/c1-3-22(18(26)13-28-19(27)23-10-4-5-11-23)12-17(25)21-16-8-6-15(7-9-16)20-14(2)24/h6-9H,3-5,10-13H2,1-2H3,(H,20,24)(H,21,25). The van der Waals surface area contributed by atoms with Crippen LogP contribution < -0.4 is 10.6 Å². The quantitative estimate of drug-likeness (QED) is 0.657. The van der Waals surface area contributed by atoms with E-state index >= 15 is 0 Å². The highest BCUT2D eigenvalue weighted by Crippen LogP contribution is 2.17. The number of carbonyl (C=O) groups is 3. The summed E-state index contributed by atoms with van der Waals surface area (Å²) < 4.78 is 0.755. The lowest BCUT2D eigenvalue weighted by molar-refractivity contribution is -0.132. The van der Waals surface area contributed by atoms with Gasteiger partial charge in [0.1, 0.15) is 4.32 Å². The molecule has 0 spiro atoms. The highest BCUT2D eigenvalue weighted by Gasteiger charge is 2.19. The third kappa shape index (κ3) is 7.12. The van der Waals surface area contributed by atoms with E-state index in [1.165, 1.54) is 23.6 Å². The molecule has 2 rings (SSSR count). The molecule has 2 N–H and O–H groups in total. The molecule has 1 aliphatic rings. The Morgan fingerprint density at radius 3 is 2.21 bits per heavy atom. The highest BCUT2D eigenvalue weighted by atomic mass is 32.2. The number of nitrogens with zero attached hydrogens (tertiary/aromatic N) is 2. The van der Waals surface area contributed by atoms with Crippen molar-refractivity contribution >= 4 is 57.4 Å². The Balaban J connectivity index is 1.80. The lowest BCUT2D eigenvalue weighted by Crippen LogP contribution is -2.39. The zero-order chi connectivity index (χ0) is 20.5. The van der Waals surface area contributed by atoms with Crippen molar-refractivity contribution in [3.63, 3.8) is 0 Å². The van der Waals surface area contributed by atoms with E-state index in [1.54, 1.807) is 24.3 Å². The number of amides is 3. The van der Waals surface area contributed by atoms with Crippen LogP contribution in [0.2, 0.25) is 0 Å². The van der Waals surface area contributed by atoms with Crippen molar-refractivity contribution < 1.29 is 14.4 Å². The van der Waals surface area contributed by atoms with Gasteiger partial charge in [0.2, 0.25) is 17.7 Å². The number of hydrogen-bond acceptors (Lipinski definition) is 5. The van der Waals surface area contributed by atoms with Crippen LogP contribution in [-0.4, -0.2) is 63.8 Å². The summed E-state index contributed by atoms with van der Waals surface area (Å²) in [6.07, 6.45) is 2.28. The molecule has 0 aromatic heterocycles. The first kappa shape index (κ1) is 22.2. The summed E-state index contributed by atoms with van der Waals surface area (Å²) in [5.41, 5.74) is 1.26. The maximum atomic E-state index is 12.4. The molecule has 1 heterocycles. The van der Waals surface area contributed by atoms with Crippen molar-refractivity contribution in [1.29, 1.82) is 0 Å². The maximum Gasteiger partial charge on any atom is 0.243 e. The van der Waals surface area contributed by atoms with Gasteiger partial charge in [-0.1, -0.05) is 24.0 Å². The maximum absolute atomic E-state index is 12.4. The second-order valence-corrected chi connectivity index (χ2v) is 8.07. The number of carbonyl (C=O) groups excluding carboxylic acids is 3. The summed E-state index contributed by atoms with van der Waals surface area (Å²) in [7, 11) is 0. The van der Waals surface area contributed by atoms with Crippen molar-refractivity contribution in [2.24, 2.45) is 0 Å². The summed E-state index contributed by atoms with van der Waals surface area (Å²) in [5.74, 6) is -0.294. The topological polar surface area (TPSA) is 81.8 Å². The summed E-state index contributed by atoms with van der Waals surface area (Å²) in [6.45, 7) is 5.63. The van der Waals surface area contributed by atoms with Gasteiger partial charge in [0, 0.05) is 37.9 Å². The van der Waals surface area contributed by atoms with E-state index in [4.69, 9.17) is 12.2 Å². The van der Waals surface area contributed by atoms with Crippen LogP contribution in [0.3, 0.4) is 0 Å². The molecule has 1 fully saturated rings. The van der Waals surface area contributed by atoms with E-state index in [2.05, 4.69) is 15.5 Å². The monoisotopic (exact) mass is 422 g/mol. The zero-order valence-corrected chi connectivity index (χ0v) is 17.8. The van der Waals surface area contributed by atoms with Crippen LogP contribution in [0.25, 0.3) is 0 Å². The van der Waals surface area contributed by atoms with Crippen LogP contribution in [0.4, 0.5) is 11.4 Å². The Hall–Kier alpha value is -2.13. The fourth-order valence-corrected chi connectivity index (χ4v) is 3.95. The van der Waals surface area contributed by atoms with E-state index in [1.807, 2.05) is 6.92 Å². The van der Waals surface area contributed by atoms with Crippen molar-refractivity contribution in [3.05, 3.63) is 24.3 Å². The molecule has 28 heavy (non-hydrogen) atoms. The van der Waals surface area contributed by atoms with Gasteiger partial charge in [0.05, 0.1) is 12.3 Å². The third-order valence-corrected chi connectivity index (χ3v) is 5.75. The minimum Gasteiger partial charge on any atom is -0.358 e. The minimum atomic E-state index is -0.269. The molecule has 7 nitrogen and oxygen atoms in total. The molecular weight excluding hydrogens is 396 g/mol. The molecule has 0 aliphatic carbocycles. The van der Waals surface area contributed by atoms with Crippen molar-refractivity contribution in [1.82, 2.24) is 9.80 Å². The smallest absolute Gasteiger partial charge is 0.243 e. The van der Waals surface area contributed by atoms with Gasteiger partial charge in [-0.25, -0.2) is 0 Å². The number of thiocarbonyl (C=S) groups is 1. The van der Waals surface area contributed by atoms with Crippen LogP contribution >= 0.6 is 24.0 Å². The average Bonchev–Trinajstić information content (AvgIpc) is 3.20. The summed E-state index contributed by atoms with van der Waals surface area (Å²) in [5, 5.41) is 5.43. The molecule has 152 valence electrons. The van der Waals surface area contributed by atoms with Gasteiger partial charge in [0.25, 0.3) is 0 Å². The van der Waals surface area contributed by atoms with Gasteiger partial charge in [-0.2, -0.15) is 0 Å². The predicted molar refractivity (Wildman–Crippen MR) is 117 cm³/mol. The molecule has 0 bridgehead atoms. The normalized spacial score (nSPS) is 13.1. The predicted octanol–water partition coefficient (Wildman–Crippen LogP) is 2.55. The average molecular weight is 423 g/mol. The Bertz CT molecular complexity index is 718. The molecule has 3 amide bonds. The zero-order valence-electron chi connectivity index (χ0n) is 16.2. The van der Waals surface area contributed by atoms with Gasteiger partial charge >= 0.3 is 0 Å². The van der Waals surface area contributed by atoms with Crippen molar-refractivity contribution in [3.8, 4) is 0 Å². The molecule has 0 atom stereocenters. The summed E-state index contributed by atoms with van der Waals surface area (Å²) in [6, 6.07) is 6.81. The molecule has 1 aromatic rings. The van der Waals surface area contributed by atoms with Crippen LogP contribution in [0.1, 0.15) is 26.7 Å². The first-order valence-corrected chi connectivity index (χ1v) is 10.7. The van der Waals surface area contributed by atoms with Crippen molar-refractivity contribution in [2.75, 3.05) is 42.6 Å². The van der Waals surface area contributed by atoms with Crippen LogP contribution in [0.15, 0.2) is 24.3 Å². The number of rotatable bonds is 7. The Kier molecular flexibility index (Phi) is 8.72. The molecule has 9 heteroatoms. The van der Waals surface area contributed by atoms with E-state index in [-0.39, 0.29) is 30.0 Å². The van der Waals surface area contributed by atoms with Gasteiger partial charge < -0.3 is 20.4 Å². The molecule has 0 saturated carbocycles. The first-order chi connectivity index (χ1) is 13.4. The molecule has 1 aliphatic heterocycles. The van der Waals surface area contributed by atoms with E-state index in [0.29, 0.717) is 17.9 Å². The number of anilines is 2. The van der Waals surface area contributed by atoms with Gasteiger partial charge in [-0.3, -0.25) is 14.4 Å². The van der Waals surface area contributed by atoms with E-state index in [9.17, 15) is 14.4 Å². The van der Waals surface area contributed by atoms with Crippen LogP contribution in [0, 0.1) is 0 Å². The Morgan fingerprint density at radius 2 is 1.68 bits per heavy atom. The van der Waals surface area contributed by atoms with E-state index < -0.39 is 0 Å². The largest absolute Gasteiger partial charge is 0.358 e. The summed E-state index contributed by atoms with van der Waals surface area (Å²) >= 11 is 6.74. The summed E-state index contributed by atoms with van der Waals surface area (Å²) in [4.78, 5) is 39.4. The number of thioether (sulfide) groups is 1. The molecule has 0 unspecified atom stereocenters. The Morgan fingerprint density at radius 1 is 1.11 bits per heavy atom. The van der Waals surface area contributed by atoms with Crippen LogP contribution in [0.5, 0.6) is 0 Å². The van der Waals surface area contributed by atoms with E-state index in [0.717, 1.165) is 30.3 Å². The molecule has 0 radical (unpaired) electrons. The number of benzene rings is 1. The second kappa shape index (κ2) is 11.0. The SMILES string of the molecule is CCN(CC(=O)Nc1ccc(NC(C)=O)cc1)C(=O)CSC(=S)N1CCCC1. The lowest BCUT2D eigenvalue weighted by atomic mass is 10.2. The van der Waals surface area contributed by atoms with Gasteiger partial charge in [-0.15, -0.1) is 0 Å². The number of likely N-dealkylation sites (N-methyl/N-ethyl adjacent to an activating group) is 1. The first-order valence-electron chi connectivity index (χ1n) is 9.26. The van der Waals surface area contributed by atoms with Crippen LogP contribution in [-0.2, 0) is 14.4 Å². The fourth-order valence-electron chi connectivity index (χ4n) is 2.80. The fraction of sp³-hybridized carbons (Fsp3) is 0.474. The number of nitrogens with one attached hydrogen (secondary N) is 2. The lowest BCUT2D eigenvalue weighted by Gasteiger charge is -2.22. The minimum absolute atomic E-state index is 0.0141. The number of likely N-dealkylation sites (tertiary alicyclic amines) is 1. The molecular formula is C19H26N4O3S2. The molecule has 1 aromatic carbocycles. The number of hydrogen-bond donors (Lipinski definition) is 2. The Labute approximate surface area is 175 Å². The molecule has 1 saturated heterocycles. The highest BCUT2D eigenvalue weighted by molar-refractivity contribution is 8.23. The van der Waals surface area contributed by atoms with Crippen molar-refractivity contribution in [2.45, 2.75) is 26.7 Å².